The molecule has 4 nitrogen and oxygen atoms in total. The van der Waals surface area contributed by atoms with Crippen LogP contribution in [0.2, 0.25) is 5.02 Å². The number of hydrogen-bond donors (Lipinski definition) is 2. The fraction of sp³-hybridized carbons (Fsp3) is 0.200. The molecule has 0 aliphatic heterocycles. The Morgan fingerprint density at radius 3 is 2.71 bits per heavy atom. The average molecular weight is 279 g/mol. The van der Waals surface area contributed by atoms with Crippen LogP contribution in [0.4, 0.5) is 14.9 Å². The van der Waals surface area contributed by atoms with Crippen molar-refractivity contribution in [1.82, 2.24) is 5.32 Å². The summed E-state index contributed by atoms with van der Waals surface area (Å²) in [5, 5.41) is 4.43. The zero-order chi connectivity index (χ0) is 12.8. The van der Waals surface area contributed by atoms with Crippen LogP contribution in [0.3, 0.4) is 0 Å². The molecule has 0 saturated carbocycles. The molecule has 0 unspecified atom stereocenters. The normalized spacial score (nSPS) is 9.82. The van der Waals surface area contributed by atoms with Gasteiger partial charge in [-0.2, -0.15) is 0 Å². The standard InChI is InChI=1S/C10H9Cl2FN2O2/c11-4-3-9(16)15-10(17)14-8-5-6(12)1-2-7(8)13/h1-2,5H,3-4H2,(H2,14,15,16,17). The van der Waals surface area contributed by atoms with E-state index in [0.29, 0.717) is 0 Å². The maximum atomic E-state index is 13.2. The molecule has 1 aromatic rings. The van der Waals surface area contributed by atoms with Gasteiger partial charge in [0.2, 0.25) is 5.91 Å². The van der Waals surface area contributed by atoms with Crippen molar-refractivity contribution in [2.24, 2.45) is 0 Å². The van der Waals surface area contributed by atoms with E-state index in [0.717, 1.165) is 6.07 Å². The first-order valence-electron chi connectivity index (χ1n) is 4.65. The van der Waals surface area contributed by atoms with Crippen LogP contribution < -0.4 is 10.6 Å². The third-order valence-corrected chi connectivity index (χ3v) is 2.18. The van der Waals surface area contributed by atoms with Crippen molar-refractivity contribution < 1.29 is 14.0 Å². The third kappa shape index (κ3) is 4.58. The summed E-state index contributed by atoms with van der Waals surface area (Å²) in [4.78, 5) is 22.3. The van der Waals surface area contributed by atoms with Gasteiger partial charge >= 0.3 is 6.03 Å². The molecule has 17 heavy (non-hydrogen) atoms. The lowest BCUT2D eigenvalue weighted by molar-refractivity contribution is -0.119. The number of carbonyl (C=O) groups excluding carboxylic acids is 2. The van der Waals surface area contributed by atoms with Gasteiger partial charge in [-0.05, 0) is 18.2 Å². The highest BCUT2D eigenvalue weighted by molar-refractivity contribution is 6.30. The van der Waals surface area contributed by atoms with Gasteiger partial charge < -0.3 is 5.32 Å². The molecule has 92 valence electrons. The average Bonchev–Trinajstić information content (AvgIpc) is 2.23. The Kier molecular flexibility index (Phi) is 5.18. The van der Waals surface area contributed by atoms with Gasteiger partial charge in [0.15, 0.2) is 0 Å². The Morgan fingerprint density at radius 2 is 2.06 bits per heavy atom. The molecule has 0 aromatic heterocycles. The van der Waals surface area contributed by atoms with E-state index < -0.39 is 17.8 Å². The minimum absolute atomic E-state index is 0.00695. The fourth-order valence-corrected chi connectivity index (χ4v) is 1.37. The Bertz CT molecular complexity index is 440. The van der Waals surface area contributed by atoms with Crippen LogP contribution in [0.1, 0.15) is 6.42 Å². The first-order chi connectivity index (χ1) is 8.02. The molecule has 2 N–H and O–H groups in total. The number of hydrogen-bond acceptors (Lipinski definition) is 2. The molecule has 3 amide bonds. The number of halogens is 3. The summed E-state index contributed by atoms with van der Waals surface area (Å²) in [6.07, 6.45) is 0.00695. The summed E-state index contributed by atoms with van der Waals surface area (Å²) < 4.78 is 13.2. The predicted octanol–water partition coefficient (Wildman–Crippen LogP) is 2.76. The maximum absolute atomic E-state index is 13.2. The van der Waals surface area contributed by atoms with Gasteiger partial charge in [-0.15, -0.1) is 11.6 Å². The summed E-state index contributed by atoms with van der Waals surface area (Å²) in [6, 6.07) is 2.86. The van der Waals surface area contributed by atoms with E-state index in [1.165, 1.54) is 12.1 Å². The molecule has 0 radical (unpaired) electrons. The van der Waals surface area contributed by atoms with E-state index in [1.54, 1.807) is 0 Å². The number of nitrogens with one attached hydrogen (secondary N) is 2. The van der Waals surface area contributed by atoms with Crippen molar-refractivity contribution in [3.05, 3.63) is 29.0 Å². The van der Waals surface area contributed by atoms with Crippen molar-refractivity contribution in [2.45, 2.75) is 6.42 Å². The van der Waals surface area contributed by atoms with Crippen LogP contribution in [0.15, 0.2) is 18.2 Å². The minimum Gasteiger partial charge on any atom is -0.305 e. The number of rotatable bonds is 3. The van der Waals surface area contributed by atoms with Crippen LogP contribution in [0.25, 0.3) is 0 Å². The van der Waals surface area contributed by atoms with Crippen molar-refractivity contribution in [3.8, 4) is 0 Å². The molecular weight excluding hydrogens is 270 g/mol. The Labute approximate surface area is 107 Å². The van der Waals surface area contributed by atoms with E-state index in [1.807, 2.05) is 5.32 Å². The molecule has 0 bridgehead atoms. The Morgan fingerprint density at radius 1 is 1.35 bits per heavy atom. The summed E-state index contributed by atoms with van der Waals surface area (Å²) in [5.41, 5.74) is -0.103. The highest BCUT2D eigenvalue weighted by Gasteiger charge is 2.10. The molecule has 0 aliphatic carbocycles. The zero-order valence-corrected chi connectivity index (χ0v) is 10.1. The topological polar surface area (TPSA) is 58.2 Å². The van der Waals surface area contributed by atoms with Gasteiger partial charge in [0.25, 0.3) is 0 Å². The van der Waals surface area contributed by atoms with Crippen LogP contribution >= 0.6 is 23.2 Å². The van der Waals surface area contributed by atoms with Crippen LogP contribution in [0.5, 0.6) is 0 Å². The Hall–Kier alpha value is -1.33. The summed E-state index contributed by atoms with van der Waals surface area (Å²) >= 11 is 10.9. The quantitative estimate of drug-likeness (QED) is 0.836. The molecule has 0 saturated heterocycles. The smallest absolute Gasteiger partial charge is 0.305 e. The Balaban J connectivity index is 2.62. The lowest BCUT2D eigenvalue weighted by Crippen LogP contribution is -2.34. The van der Waals surface area contributed by atoms with Crippen molar-refractivity contribution >= 4 is 40.8 Å². The molecule has 0 aliphatic rings. The molecule has 1 aromatic carbocycles. The third-order valence-electron chi connectivity index (χ3n) is 1.75. The second-order valence-corrected chi connectivity index (χ2v) is 3.88. The SMILES string of the molecule is O=C(CCCl)NC(=O)Nc1cc(Cl)ccc1F. The summed E-state index contributed by atoms with van der Waals surface area (Å²) in [6.45, 7) is 0. The summed E-state index contributed by atoms with van der Waals surface area (Å²) in [5.74, 6) is -1.08. The minimum atomic E-state index is -0.832. The number of carbonyl (C=O) groups is 2. The second kappa shape index (κ2) is 6.42. The fourth-order valence-electron chi connectivity index (χ4n) is 1.02. The van der Waals surface area contributed by atoms with Gasteiger partial charge in [0.1, 0.15) is 5.82 Å². The molecule has 1 rings (SSSR count). The van der Waals surface area contributed by atoms with E-state index in [2.05, 4.69) is 5.32 Å². The molecular formula is C10H9Cl2FN2O2. The van der Waals surface area contributed by atoms with E-state index >= 15 is 0 Å². The van der Waals surface area contributed by atoms with Gasteiger partial charge in [-0.1, -0.05) is 11.6 Å². The van der Waals surface area contributed by atoms with Crippen molar-refractivity contribution in [1.29, 1.82) is 0 Å². The first-order valence-corrected chi connectivity index (χ1v) is 5.56. The number of benzene rings is 1. The van der Waals surface area contributed by atoms with Gasteiger partial charge in [0.05, 0.1) is 5.69 Å². The highest BCUT2D eigenvalue weighted by atomic mass is 35.5. The lowest BCUT2D eigenvalue weighted by atomic mass is 10.3. The number of urea groups is 1. The zero-order valence-electron chi connectivity index (χ0n) is 8.60. The number of alkyl halides is 1. The monoisotopic (exact) mass is 278 g/mol. The van der Waals surface area contributed by atoms with Gasteiger partial charge in [-0.3, -0.25) is 10.1 Å². The van der Waals surface area contributed by atoms with Crippen molar-refractivity contribution in [2.75, 3.05) is 11.2 Å². The summed E-state index contributed by atoms with van der Waals surface area (Å²) in [7, 11) is 0. The molecule has 0 spiro atoms. The molecule has 0 heterocycles. The van der Waals surface area contributed by atoms with E-state index in [9.17, 15) is 14.0 Å². The lowest BCUT2D eigenvalue weighted by Gasteiger charge is -2.07. The molecule has 0 fully saturated rings. The van der Waals surface area contributed by atoms with E-state index in [4.69, 9.17) is 23.2 Å². The largest absolute Gasteiger partial charge is 0.325 e. The molecule has 0 atom stereocenters. The van der Waals surface area contributed by atoms with Crippen LogP contribution in [-0.4, -0.2) is 17.8 Å². The first kappa shape index (κ1) is 13.7. The predicted molar refractivity (Wildman–Crippen MR) is 63.9 cm³/mol. The maximum Gasteiger partial charge on any atom is 0.325 e. The van der Waals surface area contributed by atoms with Gasteiger partial charge in [-0.25, -0.2) is 9.18 Å². The number of amides is 3. The second-order valence-electron chi connectivity index (χ2n) is 3.07. The van der Waals surface area contributed by atoms with Crippen molar-refractivity contribution in [3.63, 3.8) is 0 Å². The van der Waals surface area contributed by atoms with E-state index in [-0.39, 0.29) is 23.0 Å². The van der Waals surface area contributed by atoms with Crippen LogP contribution in [-0.2, 0) is 4.79 Å². The van der Waals surface area contributed by atoms with Gasteiger partial charge in [0, 0.05) is 17.3 Å². The highest BCUT2D eigenvalue weighted by Crippen LogP contribution is 2.19. The van der Waals surface area contributed by atoms with Crippen LogP contribution in [0, 0.1) is 5.82 Å². The molecule has 7 heteroatoms. The number of imide groups is 1. The number of anilines is 1.